The Hall–Kier alpha value is -1.44. The van der Waals surface area contributed by atoms with Crippen molar-refractivity contribution in [2.45, 2.75) is 13.3 Å². The van der Waals surface area contributed by atoms with Crippen molar-refractivity contribution in [1.29, 1.82) is 0 Å². The largest absolute Gasteiger partial charge is 0.398 e. The number of hydrogen-bond donors (Lipinski definition) is 1. The SMILES string of the molecule is CCc1ccc(N2CC=CC2)cc1N. The fourth-order valence-corrected chi connectivity index (χ4v) is 1.79. The van der Waals surface area contributed by atoms with Crippen LogP contribution in [-0.2, 0) is 6.42 Å². The van der Waals surface area contributed by atoms with Crippen LogP contribution in [0.4, 0.5) is 11.4 Å². The number of hydrogen-bond acceptors (Lipinski definition) is 2. The standard InChI is InChI=1S/C12H16N2/c1-2-10-5-6-11(9-12(10)13)14-7-3-4-8-14/h3-6,9H,2,7-8,13H2,1H3. The van der Waals surface area contributed by atoms with Gasteiger partial charge in [-0.25, -0.2) is 0 Å². The smallest absolute Gasteiger partial charge is 0.0392 e. The van der Waals surface area contributed by atoms with Gasteiger partial charge in [0.2, 0.25) is 0 Å². The van der Waals surface area contributed by atoms with Crippen molar-refractivity contribution in [2.24, 2.45) is 0 Å². The zero-order valence-corrected chi connectivity index (χ0v) is 8.53. The molecule has 2 rings (SSSR count). The maximum Gasteiger partial charge on any atom is 0.0392 e. The maximum atomic E-state index is 5.95. The minimum Gasteiger partial charge on any atom is -0.398 e. The molecule has 1 aliphatic rings. The molecule has 1 aliphatic heterocycles. The molecule has 0 unspecified atom stereocenters. The van der Waals surface area contributed by atoms with Gasteiger partial charge in [0.15, 0.2) is 0 Å². The Morgan fingerprint density at radius 2 is 2.00 bits per heavy atom. The van der Waals surface area contributed by atoms with Crippen LogP contribution in [0.5, 0.6) is 0 Å². The third-order valence-electron chi connectivity index (χ3n) is 2.69. The first-order valence-corrected chi connectivity index (χ1v) is 5.09. The average molecular weight is 188 g/mol. The van der Waals surface area contributed by atoms with E-state index in [1.54, 1.807) is 0 Å². The van der Waals surface area contributed by atoms with Crippen LogP contribution >= 0.6 is 0 Å². The van der Waals surface area contributed by atoms with Crippen LogP contribution in [0.25, 0.3) is 0 Å². The number of nitrogen functional groups attached to an aromatic ring is 1. The molecule has 0 fully saturated rings. The second-order valence-electron chi connectivity index (χ2n) is 3.61. The molecule has 1 heterocycles. The van der Waals surface area contributed by atoms with Crippen molar-refractivity contribution in [3.05, 3.63) is 35.9 Å². The highest BCUT2D eigenvalue weighted by atomic mass is 15.1. The summed E-state index contributed by atoms with van der Waals surface area (Å²) in [5.41, 5.74) is 9.33. The van der Waals surface area contributed by atoms with E-state index in [4.69, 9.17) is 5.73 Å². The summed E-state index contributed by atoms with van der Waals surface area (Å²) >= 11 is 0. The first kappa shape index (κ1) is 9.13. The van der Waals surface area contributed by atoms with Crippen LogP contribution in [-0.4, -0.2) is 13.1 Å². The minimum absolute atomic E-state index is 0.914. The first-order valence-electron chi connectivity index (χ1n) is 5.09. The third-order valence-corrected chi connectivity index (χ3v) is 2.69. The number of nitrogens with two attached hydrogens (primary N) is 1. The molecule has 0 spiro atoms. The average Bonchev–Trinajstić information content (AvgIpc) is 2.70. The second-order valence-corrected chi connectivity index (χ2v) is 3.61. The summed E-state index contributed by atoms with van der Waals surface area (Å²) in [6, 6.07) is 6.36. The van der Waals surface area contributed by atoms with Gasteiger partial charge in [0, 0.05) is 24.5 Å². The minimum atomic E-state index is 0.914. The van der Waals surface area contributed by atoms with Gasteiger partial charge < -0.3 is 10.6 Å². The molecule has 2 N–H and O–H groups in total. The Bertz CT molecular complexity index is 347. The molecular weight excluding hydrogens is 172 g/mol. The van der Waals surface area contributed by atoms with Crippen LogP contribution in [0.3, 0.4) is 0 Å². The third kappa shape index (κ3) is 1.60. The molecule has 74 valence electrons. The normalized spacial score (nSPS) is 15.1. The molecule has 0 bridgehead atoms. The lowest BCUT2D eigenvalue weighted by Crippen LogP contribution is -2.18. The molecule has 0 amide bonds. The van der Waals surface area contributed by atoms with Gasteiger partial charge in [0.05, 0.1) is 0 Å². The Morgan fingerprint density at radius 1 is 1.29 bits per heavy atom. The van der Waals surface area contributed by atoms with Crippen LogP contribution in [0.2, 0.25) is 0 Å². The van der Waals surface area contributed by atoms with Crippen molar-refractivity contribution in [1.82, 2.24) is 0 Å². The van der Waals surface area contributed by atoms with Gasteiger partial charge in [-0.1, -0.05) is 25.1 Å². The van der Waals surface area contributed by atoms with Crippen molar-refractivity contribution in [2.75, 3.05) is 23.7 Å². The Kier molecular flexibility index (Phi) is 2.44. The van der Waals surface area contributed by atoms with E-state index in [2.05, 4.69) is 42.2 Å². The topological polar surface area (TPSA) is 29.3 Å². The van der Waals surface area contributed by atoms with E-state index in [-0.39, 0.29) is 0 Å². The van der Waals surface area contributed by atoms with Crippen LogP contribution in [0, 0.1) is 0 Å². The lowest BCUT2D eigenvalue weighted by Gasteiger charge is -2.18. The molecule has 1 aromatic rings. The summed E-state index contributed by atoms with van der Waals surface area (Å²) in [5, 5.41) is 0. The molecule has 2 nitrogen and oxygen atoms in total. The van der Waals surface area contributed by atoms with Gasteiger partial charge in [0.1, 0.15) is 0 Å². The molecule has 0 aliphatic carbocycles. The van der Waals surface area contributed by atoms with E-state index in [9.17, 15) is 0 Å². The number of anilines is 2. The summed E-state index contributed by atoms with van der Waals surface area (Å²) in [6.45, 7) is 4.14. The van der Waals surface area contributed by atoms with E-state index in [0.29, 0.717) is 0 Å². The summed E-state index contributed by atoms with van der Waals surface area (Å²) in [6.07, 6.45) is 5.37. The van der Waals surface area contributed by atoms with Gasteiger partial charge in [0.25, 0.3) is 0 Å². The molecule has 0 saturated heterocycles. The molecule has 1 aromatic carbocycles. The predicted molar refractivity (Wildman–Crippen MR) is 61.6 cm³/mol. The van der Waals surface area contributed by atoms with Gasteiger partial charge in [-0.05, 0) is 24.1 Å². The summed E-state index contributed by atoms with van der Waals surface area (Å²) in [4.78, 5) is 2.30. The molecule has 2 heteroatoms. The highest BCUT2D eigenvalue weighted by molar-refractivity contribution is 5.61. The number of benzene rings is 1. The van der Waals surface area contributed by atoms with Crippen molar-refractivity contribution in [3.63, 3.8) is 0 Å². The molecule has 14 heavy (non-hydrogen) atoms. The van der Waals surface area contributed by atoms with Crippen molar-refractivity contribution in [3.8, 4) is 0 Å². The summed E-state index contributed by atoms with van der Waals surface area (Å²) < 4.78 is 0. The van der Waals surface area contributed by atoms with Gasteiger partial charge in [-0.2, -0.15) is 0 Å². The van der Waals surface area contributed by atoms with E-state index in [1.807, 2.05) is 0 Å². The van der Waals surface area contributed by atoms with Crippen LogP contribution in [0.15, 0.2) is 30.4 Å². The molecular formula is C12H16N2. The number of nitrogens with zero attached hydrogens (tertiary/aromatic N) is 1. The quantitative estimate of drug-likeness (QED) is 0.569. The highest BCUT2D eigenvalue weighted by Gasteiger charge is 2.08. The fourth-order valence-electron chi connectivity index (χ4n) is 1.79. The summed E-state index contributed by atoms with van der Waals surface area (Å²) in [5.74, 6) is 0. The van der Waals surface area contributed by atoms with E-state index >= 15 is 0 Å². The lowest BCUT2D eigenvalue weighted by atomic mass is 10.1. The lowest BCUT2D eigenvalue weighted by molar-refractivity contribution is 1.00. The van der Waals surface area contributed by atoms with Crippen LogP contribution < -0.4 is 10.6 Å². The van der Waals surface area contributed by atoms with Crippen LogP contribution in [0.1, 0.15) is 12.5 Å². The van der Waals surface area contributed by atoms with E-state index < -0.39 is 0 Å². The van der Waals surface area contributed by atoms with Gasteiger partial charge in [-0.15, -0.1) is 0 Å². The van der Waals surface area contributed by atoms with E-state index in [0.717, 1.165) is 25.2 Å². The zero-order chi connectivity index (χ0) is 9.97. The molecule has 0 atom stereocenters. The zero-order valence-electron chi connectivity index (χ0n) is 8.53. The maximum absolute atomic E-state index is 5.95. The Balaban J connectivity index is 2.23. The Morgan fingerprint density at radius 3 is 2.57 bits per heavy atom. The monoisotopic (exact) mass is 188 g/mol. The van der Waals surface area contributed by atoms with Gasteiger partial charge in [-0.3, -0.25) is 0 Å². The van der Waals surface area contributed by atoms with Crippen molar-refractivity contribution >= 4 is 11.4 Å². The highest BCUT2D eigenvalue weighted by Crippen LogP contribution is 2.23. The van der Waals surface area contributed by atoms with Gasteiger partial charge >= 0.3 is 0 Å². The Labute approximate surface area is 85.0 Å². The first-order chi connectivity index (χ1) is 6.81. The molecule has 0 saturated carbocycles. The summed E-state index contributed by atoms with van der Waals surface area (Å²) in [7, 11) is 0. The second kappa shape index (κ2) is 3.74. The van der Waals surface area contributed by atoms with Crippen molar-refractivity contribution < 1.29 is 0 Å². The molecule has 0 aromatic heterocycles. The molecule has 0 radical (unpaired) electrons. The fraction of sp³-hybridized carbons (Fsp3) is 0.333. The van der Waals surface area contributed by atoms with E-state index in [1.165, 1.54) is 11.3 Å². The predicted octanol–water partition coefficient (Wildman–Crippen LogP) is 2.21. The number of aryl methyl sites for hydroxylation is 1. The number of rotatable bonds is 2.